The summed E-state index contributed by atoms with van der Waals surface area (Å²) in [6.45, 7) is 1.72. The largest absolute Gasteiger partial charge is 0.490 e. The molecule has 1 atom stereocenters. The molecule has 1 amide bonds. The lowest BCUT2D eigenvalue weighted by Gasteiger charge is -2.30. The quantitative estimate of drug-likeness (QED) is 0.668. The van der Waals surface area contributed by atoms with Crippen molar-refractivity contribution >= 4 is 11.9 Å². The number of alkyl halides is 3. The molecular weight excluding hydrogens is 243 g/mol. The highest BCUT2D eigenvalue weighted by Crippen LogP contribution is 2.16. The number of esters is 1. The molecule has 0 saturated carbocycles. The van der Waals surface area contributed by atoms with E-state index >= 15 is 0 Å². The molecule has 0 aromatic rings. The Balaban J connectivity index is 2.37. The normalized spacial score (nSPS) is 21.2. The van der Waals surface area contributed by atoms with Crippen LogP contribution in [-0.2, 0) is 19.1 Å². The van der Waals surface area contributed by atoms with Crippen LogP contribution in [-0.4, -0.2) is 55.4 Å². The Hall–Kier alpha value is -1.31. The summed E-state index contributed by atoms with van der Waals surface area (Å²) in [7, 11) is 0. The van der Waals surface area contributed by atoms with Crippen molar-refractivity contribution in [2.75, 3.05) is 26.3 Å². The third-order valence-corrected chi connectivity index (χ3v) is 2.15. The molecule has 1 saturated heterocycles. The van der Waals surface area contributed by atoms with Crippen molar-refractivity contribution in [3.8, 4) is 0 Å². The van der Waals surface area contributed by atoms with Crippen LogP contribution in [0.3, 0.4) is 0 Å². The van der Waals surface area contributed by atoms with Gasteiger partial charge < -0.3 is 14.4 Å². The molecule has 1 fully saturated rings. The first-order valence-corrected chi connectivity index (χ1v) is 4.94. The molecule has 0 bridgehead atoms. The number of amides is 1. The molecule has 1 aliphatic heterocycles. The van der Waals surface area contributed by atoms with Gasteiger partial charge in [0.1, 0.15) is 0 Å². The Morgan fingerprint density at radius 2 is 2.12 bits per heavy atom. The minimum atomic E-state index is -5.07. The van der Waals surface area contributed by atoms with E-state index in [1.165, 1.54) is 4.90 Å². The van der Waals surface area contributed by atoms with E-state index < -0.39 is 24.7 Å². The minimum Gasteiger partial charge on any atom is -0.449 e. The number of halogens is 3. The average molecular weight is 255 g/mol. The first-order chi connectivity index (χ1) is 7.80. The maximum Gasteiger partial charge on any atom is 0.490 e. The molecule has 1 aliphatic rings. The minimum absolute atomic E-state index is 0.175. The van der Waals surface area contributed by atoms with Crippen LogP contribution in [0.2, 0.25) is 0 Å². The van der Waals surface area contributed by atoms with Gasteiger partial charge >= 0.3 is 12.1 Å². The molecule has 0 aliphatic carbocycles. The predicted octanol–water partition coefficient (Wildman–Crippen LogP) is 0.339. The van der Waals surface area contributed by atoms with Gasteiger partial charge in [-0.25, -0.2) is 4.79 Å². The van der Waals surface area contributed by atoms with E-state index in [1.807, 2.05) is 0 Å². The van der Waals surface area contributed by atoms with Crippen LogP contribution in [0.5, 0.6) is 0 Å². The lowest BCUT2D eigenvalue weighted by atomic mass is 10.3. The van der Waals surface area contributed by atoms with Crippen molar-refractivity contribution < 1.29 is 32.2 Å². The van der Waals surface area contributed by atoms with Gasteiger partial charge in [0, 0.05) is 13.1 Å². The average Bonchev–Trinajstić information content (AvgIpc) is 2.24. The number of hydrogen-bond acceptors (Lipinski definition) is 4. The Labute approximate surface area is 95.5 Å². The Bertz CT molecular complexity index is 305. The SMILES string of the molecule is CC1CN(C(=O)COC(=O)C(F)(F)F)CCO1. The topological polar surface area (TPSA) is 55.8 Å². The third-order valence-electron chi connectivity index (χ3n) is 2.15. The summed E-state index contributed by atoms with van der Waals surface area (Å²) < 4.78 is 44.4. The molecule has 0 aromatic heterocycles. The first kappa shape index (κ1) is 13.8. The fourth-order valence-corrected chi connectivity index (χ4v) is 1.35. The Morgan fingerprint density at radius 3 is 2.65 bits per heavy atom. The van der Waals surface area contributed by atoms with Crippen LogP contribution >= 0.6 is 0 Å². The third kappa shape index (κ3) is 4.22. The molecule has 8 heteroatoms. The summed E-state index contributed by atoms with van der Waals surface area (Å²) in [5.41, 5.74) is 0. The van der Waals surface area contributed by atoms with E-state index in [2.05, 4.69) is 4.74 Å². The number of rotatable bonds is 2. The van der Waals surface area contributed by atoms with Gasteiger partial charge in [0.05, 0.1) is 12.7 Å². The monoisotopic (exact) mass is 255 g/mol. The van der Waals surface area contributed by atoms with Gasteiger partial charge in [0.25, 0.3) is 5.91 Å². The lowest BCUT2D eigenvalue weighted by molar-refractivity contribution is -0.201. The van der Waals surface area contributed by atoms with Crippen molar-refractivity contribution in [2.24, 2.45) is 0 Å². The summed E-state index contributed by atoms with van der Waals surface area (Å²) >= 11 is 0. The molecule has 0 aromatic carbocycles. The number of nitrogens with zero attached hydrogens (tertiary/aromatic N) is 1. The summed E-state index contributed by atoms with van der Waals surface area (Å²) in [4.78, 5) is 23.1. The number of carbonyl (C=O) groups is 2. The van der Waals surface area contributed by atoms with Crippen LogP contribution in [0.1, 0.15) is 6.92 Å². The predicted molar refractivity (Wildman–Crippen MR) is 49.0 cm³/mol. The van der Waals surface area contributed by atoms with Crippen molar-refractivity contribution in [1.82, 2.24) is 4.90 Å². The highest BCUT2D eigenvalue weighted by Gasteiger charge is 2.41. The van der Waals surface area contributed by atoms with Crippen LogP contribution < -0.4 is 0 Å². The molecule has 17 heavy (non-hydrogen) atoms. The van der Waals surface area contributed by atoms with E-state index in [1.54, 1.807) is 6.92 Å². The number of carbonyl (C=O) groups excluding carboxylic acids is 2. The van der Waals surface area contributed by atoms with E-state index in [0.29, 0.717) is 6.61 Å². The van der Waals surface area contributed by atoms with E-state index in [0.717, 1.165) is 0 Å². The van der Waals surface area contributed by atoms with E-state index in [9.17, 15) is 22.8 Å². The van der Waals surface area contributed by atoms with Crippen molar-refractivity contribution in [3.63, 3.8) is 0 Å². The van der Waals surface area contributed by atoms with Gasteiger partial charge in [-0.2, -0.15) is 13.2 Å². The standard InChI is InChI=1S/C9H12F3NO4/c1-6-4-13(2-3-16-6)7(14)5-17-8(15)9(10,11)12/h6H,2-5H2,1H3. The number of morpholine rings is 1. The zero-order chi connectivity index (χ0) is 13.1. The Morgan fingerprint density at radius 1 is 1.47 bits per heavy atom. The van der Waals surface area contributed by atoms with E-state index in [4.69, 9.17) is 4.74 Å². The van der Waals surface area contributed by atoms with Gasteiger partial charge in [-0.15, -0.1) is 0 Å². The highest BCUT2D eigenvalue weighted by atomic mass is 19.4. The zero-order valence-corrected chi connectivity index (χ0v) is 9.12. The van der Waals surface area contributed by atoms with Crippen molar-refractivity contribution in [1.29, 1.82) is 0 Å². The van der Waals surface area contributed by atoms with Crippen LogP contribution in [0, 0.1) is 0 Å². The van der Waals surface area contributed by atoms with Gasteiger partial charge in [-0.1, -0.05) is 0 Å². The lowest BCUT2D eigenvalue weighted by Crippen LogP contribution is -2.46. The number of hydrogen-bond donors (Lipinski definition) is 0. The van der Waals surface area contributed by atoms with Gasteiger partial charge in [0.2, 0.25) is 0 Å². The maximum atomic E-state index is 11.8. The summed E-state index contributed by atoms with van der Waals surface area (Å²) in [6.07, 6.45) is -5.25. The Kier molecular flexibility index (Phi) is 4.33. The molecule has 98 valence electrons. The maximum absolute atomic E-state index is 11.8. The summed E-state index contributed by atoms with van der Waals surface area (Å²) in [5.74, 6) is -3.01. The van der Waals surface area contributed by atoms with Crippen molar-refractivity contribution in [3.05, 3.63) is 0 Å². The second-order valence-corrected chi connectivity index (χ2v) is 3.60. The highest BCUT2D eigenvalue weighted by molar-refractivity contribution is 5.82. The van der Waals surface area contributed by atoms with Gasteiger partial charge in [-0.05, 0) is 6.92 Å². The molecule has 1 rings (SSSR count). The molecule has 5 nitrogen and oxygen atoms in total. The van der Waals surface area contributed by atoms with Crippen molar-refractivity contribution in [2.45, 2.75) is 19.2 Å². The first-order valence-electron chi connectivity index (χ1n) is 4.94. The molecule has 1 heterocycles. The van der Waals surface area contributed by atoms with E-state index in [-0.39, 0.29) is 19.2 Å². The van der Waals surface area contributed by atoms with Gasteiger partial charge in [0.15, 0.2) is 6.61 Å². The fraction of sp³-hybridized carbons (Fsp3) is 0.778. The second kappa shape index (κ2) is 5.35. The molecule has 0 spiro atoms. The molecular formula is C9H12F3NO4. The summed E-state index contributed by atoms with van der Waals surface area (Å²) in [6, 6.07) is 0. The second-order valence-electron chi connectivity index (χ2n) is 3.60. The van der Waals surface area contributed by atoms with Crippen LogP contribution in [0.4, 0.5) is 13.2 Å². The molecule has 0 N–H and O–H groups in total. The molecule has 0 radical (unpaired) electrons. The zero-order valence-electron chi connectivity index (χ0n) is 9.12. The van der Waals surface area contributed by atoms with Crippen LogP contribution in [0.15, 0.2) is 0 Å². The summed E-state index contributed by atoms with van der Waals surface area (Å²) in [5, 5.41) is 0. The fourth-order valence-electron chi connectivity index (χ4n) is 1.35. The number of ether oxygens (including phenoxy) is 2. The van der Waals surface area contributed by atoms with Gasteiger partial charge in [-0.3, -0.25) is 4.79 Å². The van der Waals surface area contributed by atoms with Crippen LogP contribution in [0.25, 0.3) is 0 Å². The smallest absolute Gasteiger partial charge is 0.449 e. The molecule has 1 unspecified atom stereocenters.